The quantitative estimate of drug-likeness (QED) is 0.221. The molecule has 2 aliphatic heterocycles. The van der Waals surface area contributed by atoms with Crippen LogP contribution in [-0.2, 0) is 0 Å². The molecule has 2 aromatic heterocycles. The summed E-state index contributed by atoms with van der Waals surface area (Å²) in [6, 6.07) is 22.1. The Morgan fingerprint density at radius 2 is 1.82 bits per heavy atom. The average molecular weight is 636 g/mol. The third kappa shape index (κ3) is 5.27. The van der Waals surface area contributed by atoms with Crippen LogP contribution in [0.5, 0.6) is 0 Å². The van der Waals surface area contributed by atoms with Crippen molar-refractivity contribution in [1.82, 2.24) is 10.3 Å². The minimum Gasteiger partial charge on any atom is -0.459 e. The molecule has 8 heteroatoms. The number of pyridine rings is 1. The lowest BCUT2D eigenvalue weighted by atomic mass is 9.91. The lowest BCUT2D eigenvalue weighted by molar-refractivity contribution is 0.357. The van der Waals surface area contributed by atoms with E-state index in [2.05, 4.69) is 87.1 Å². The highest BCUT2D eigenvalue weighted by atomic mass is 79.9. The highest BCUT2D eigenvalue weighted by Gasteiger charge is 2.43. The third-order valence-electron chi connectivity index (χ3n) is 7.83. The molecule has 0 radical (unpaired) electrons. The van der Waals surface area contributed by atoms with Crippen molar-refractivity contribution in [2.24, 2.45) is 11.8 Å². The Balaban J connectivity index is 1.39. The van der Waals surface area contributed by atoms with Gasteiger partial charge in [-0.15, -0.1) is 0 Å². The van der Waals surface area contributed by atoms with Gasteiger partial charge in [-0.2, -0.15) is 0 Å². The number of hydrogen-bond acceptors (Lipinski definition) is 4. The molecule has 4 heterocycles. The Kier molecular flexibility index (Phi) is 7.64. The Hall–Kier alpha value is -2.87. The zero-order valence-corrected chi connectivity index (χ0v) is 25.9. The number of aromatic nitrogens is 1. The second kappa shape index (κ2) is 11.2. The summed E-state index contributed by atoms with van der Waals surface area (Å²) in [5, 5.41) is 4.85. The molecule has 6 rings (SSSR count). The molecular weight excluding hydrogens is 604 g/mol. The molecule has 0 unspecified atom stereocenters. The molecule has 1 N–H and O–H groups in total. The molecule has 4 atom stereocenters. The molecule has 2 saturated heterocycles. The molecule has 4 aromatic rings. The predicted octanol–water partition coefficient (Wildman–Crippen LogP) is 8.73. The van der Waals surface area contributed by atoms with E-state index in [1.807, 2.05) is 42.6 Å². The van der Waals surface area contributed by atoms with Crippen LogP contribution in [0, 0.1) is 18.8 Å². The number of furan rings is 1. The van der Waals surface area contributed by atoms with Gasteiger partial charge in [-0.3, -0.25) is 4.98 Å². The summed E-state index contributed by atoms with van der Waals surface area (Å²) in [6.45, 7) is 8.73. The molecule has 40 heavy (non-hydrogen) atoms. The van der Waals surface area contributed by atoms with Crippen molar-refractivity contribution in [3.8, 4) is 11.3 Å². The fourth-order valence-electron chi connectivity index (χ4n) is 6.16. The number of nitrogens with one attached hydrogen (secondary N) is 1. The van der Waals surface area contributed by atoms with Gasteiger partial charge in [-0.05, 0) is 97.6 Å². The molecular formula is C32H32BrClN4OS. The number of piperidine rings is 1. The van der Waals surface area contributed by atoms with Crippen LogP contribution in [-0.4, -0.2) is 23.2 Å². The van der Waals surface area contributed by atoms with Crippen LogP contribution >= 0.6 is 39.7 Å². The van der Waals surface area contributed by atoms with E-state index < -0.39 is 0 Å². The van der Waals surface area contributed by atoms with Crippen molar-refractivity contribution in [3.63, 3.8) is 0 Å². The smallest absolute Gasteiger partial charge is 0.174 e. The Labute approximate surface area is 254 Å². The molecule has 0 amide bonds. The Morgan fingerprint density at radius 3 is 2.52 bits per heavy atom. The van der Waals surface area contributed by atoms with Crippen LogP contribution in [0.15, 0.2) is 81.8 Å². The van der Waals surface area contributed by atoms with Crippen molar-refractivity contribution in [2.75, 3.05) is 22.9 Å². The topological polar surface area (TPSA) is 44.5 Å². The molecule has 2 fully saturated rings. The van der Waals surface area contributed by atoms with Gasteiger partial charge in [0.05, 0.1) is 22.4 Å². The average Bonchev–Trinajstić information content (AvgIpc) is 3.53. The minimum atomic E-state index is -0.252. The maximum absolute atomic E-state index is 6.97. The molecule has 0 spiro atoms. The Bertz CT molecular complexity index is 1530. The van der Waals surface area contributed by atoms with Gasteiger partial charge in [0.15, 0.2) is 5.11 Å². The van der Waals surface area contributed by atoms with Gasteiger partial charge in [0.25, 0.3) is 0 Å². The van der Waals surface area contributed by atoms with Crippen LogP contribution in [0.25, 0.3) is 11.3 Å². The highest BCUT2D eigenvalue weighted by Crippen LogP contribution is 2.45. The van der Waals surface area contributed by atoms with Gasteiger partial charge in [0.1, 0.15) is 17.6 Å². The maximum atomic E-state index is 6.97. The summed E-state index contributed by atoms with van der Waals surface area (Å²) in [6.07, 6.45) is 3.06. The molecule has 0 aliphatic carbocycles. The summed E-state index contributed by atoms with van der Waals surface area (Å²) in [7, 11) is 0. The van der Waals surface area contributed by atoms with Crippen molar-refractivity contribution >= 4 is 56.2 Å². The number of hydrogen-bond donors (Lipinski definition) is 1. The van der Waals surface area contributed by atoms with Gasteiger partial charge in [0.2, 0.25) is 0 Å². The molecule has 0 bridgehead atoms. The first-order valence-electron chi connectivity index (χ1n) is 13.7. The summed E-state index contributed by atoms with van der Waals surface area (Å²) in [5.74, 6) is 2.87. The van der Waals surface area contributed by atoms with Gasteiger partial charge in [0, 0.05) is 35.0 Å². The second-order valence-corrected chi connectivity index (χ2v) is 12.8. The van der Waals surface area contributed by atoms with E-state index in [1.54, 1.807) is 0 Å². The summed E-state index contributed by atoms with van der Waals surface area (Å²) >= 11 is 16.6. The predicted molar refractivity (Wildman–Crippen MR) is 171 cm³/mol. The lowest BCUT2D eigenvalue weighted by Gasteiger charge is -2.37. The summed E-state index contributed by atoms with van der Waals surface area (Å²) in [5.41, 5.74) is 5.07. The van der Waals surface area contributed by atoms with E-state index in [9.17, 15) is 0 Å². The van der Waals surface area contributed by atoms with Crippen molar-refractivity contribution in [3.05, 3.63) is 99.4 Å². The van der Waals surface area contributed by atoms with E-state index in [4.69, 9.17) is 28.2 Å². The van der Waals surface area contributed by atoms with E-state index in [0.717, 1.165) is 56.7 Å². The molecule has 206 valence electrons. The number of halogens is 2. The van der Waals surface area contributed by atoms with Gasteiger partial charge < -0.3 is 19.5 Å². The van der Waals surface area contributed by atoms with E-state index in [-0.39, 0.29) is 12.1 Å². The lowest BCUT2D eigenvalue weighted by Crippen LogP contribution is -2.38. The largest absolute Gasteiger partial charge is 0.459 e. The maximum Gasteiger partial charge on any atom is 0.174 e. The monoisotopic (exact) mass is 634 g/mol. The number of benzene rings is 2. The van der Waals surface area contributed by atoms with Crippen LogP contribution < -0.4 is 15.1 Å². The first-order valence-corrected chi connectivity index (χ1v) is 15.3. The van der Waals surface area contributed by atoms with Crippen molar-refractivity contribution < 1.29 is 4.42 Å². The van der Waals surface area contributed by atoms with Gasteiger partial charge in [-0.25, -0.2) is 0 Å². The number of rotatable bonds is 5. The fraction of sp³-hybridized carbons (Fsp3) is 0.312. The van der Waals surface area contributed by atoms with Crippen LogP contribution in [0.4, 0.5) is 11.4 Å². The zero-order chi connectivity index (χ0) is 28.0. The standard InChI is InChI=1S/C32H32BrClN4OS/c1-19-7-9-23(24(33)15-19)28-11-12-29(39-28)31-30(26-6-4-5-13-35-26)36-32(40)38(31)22-8-10-27(25(34)16-22)37-17-20(2)14-21(3)18-37/h4-13,15-16,20-21,30-31H,14,17-18H2,1-3H3,(H,36,40)/t20-,21+,30-,31-/m0/s1. The number of thiocarbonyl (C=S) groups is 1. The Morgan fingerprint density at radius 1 is 1.02 bits per heavy atom. The van der Waals surface area contributed by atoms with Gasteiger partial charge in [-0.1, -0.05) is 53.5 Å². The normalized spacial score (nSPS) is 23.0. The third-order valence-corrected chi connectivity index (χ3v) is 9.10. The SMILES string of the molecule is Cc1ccc(-c2ccc([C@H]3[C@H](c4ccccn4)NC(=S)N3c3ccc(N4C[C@H](C)C[C@H](C)C4)c(Cl)c3)o2)c(Br)c1. The molecule has 2 aliphatic rings. The van der Waals surface area contributed by atoms with E-state index in [0.29, 0.717) is 16.9 Å². The minimum absolute atomic E-state index is 0.198. The molecule has 2 aromatic carbocycles. The molecule has 0 saturated carbocycles. The van der Waals surface area contributed by atoms with Gasteiger partial charge >= 0.3 is 0 Å². The summed E-state index contributed by atoms with van der Waals surface area (Å²) in [4.78, 5) is 9.19. The van der Waals surface area contributed by atoms with E-state index in [1.165, 1.54) is 12.0 Å². The number of nitrogens with zero attached hydrogens (tertiary/aromatic N) is 3. The number of anilines is 2. The van der Waals surface area contributed by atoms with E-state index >= 15 is 0 Å². The number of aryl methyl sites for hydroxylation is 1. The summed E-state index contributed by atoms with van der Waals surface area (Å²) < 4.78 is 7.55. The van der Waals surface area contributed by atoms with Crippen LogP contribution in [0.2, 0.25) is 5.02 Å². The van der Waals surface area contributed by atoms with Crippen LogP contribution in [0.1, 0.15) is 49.4 Å². The zero-order valence-electron chi connectivity index (χ0n) is 22.8. The first kappa shape index (κ1) is 27.3. The molecule has 5 nitrogen and oxygen atoms in total. The second-order valence-electron chi connectivity index (χ2n) is 11.2. The van der Waals surface area contributed by atoms with Crippen molar-refractivity contribution in [2.45, 2.75) is 39.3 Å². The van der Waals surface area contributed by atoms with Crippen molar-refractivity contribution in [1.29, 1.82) is 0 Å². The first-order chi connectivity index (χ1) is 19.3. The van der Waals surface area contributed by atoms with Crippen LogP contribution in [0.3, 0.4) is 0 Å². The highest BCUT2D eigenvalue weighted by molar-refractivity contribution is 9.10. The fourth-order valence-corrected chi connectivity index (χ4v) is 7.49.